The molecule has 19 heavy (non-hydrogen) atoms. The van der Waals surface area contributed by atoms with E-state index in [1.54, 1.807) is 23.0 Å². The number of aliphatic hydroxyl groups excluding tert-OH is 2. The van der Waals surface area contributed by atoms with Crippen molar-refractivity contribution in [1.82, 2.24) is 14.5 Å². The Morgan fingerprint density at radius 1 is 1.53 bits per heavy atom. The van der Waals surface area contributed by atoms with Gasteiger partial charge in [-0.2, -0.15) is 0 Å². The molecule has 4 atom stereocenters. The quantitative estimate of drug-likeness (QED) is 0.672. The second-order valence-corrected chi connectivity index (χ2v) is 4.90. The van der Waals surface area contributed by atoms with Crippen molar-refractivity contribution in [2.45, 2.75) is 31.0 Å². The second-order valence-electron chi connectivity index (χ2n) is 4.90. The van der Waals surface area contributed by atoms with Gasteiger partial charge >= 0.3 is 0 Å². The number of hydrogen-bond acceptors (Lipinski definition) is 6. The third-order valence-corrected chi connectivity index (χ3v) is 3.56. The zero-order valence-electron chi connectivity index (χ0n) is 10.3. The molecule has 2 aromatic rings. The molecule has 0 amide bonds. The predicted molar refractivity (Wildman–Crippen MR) is 65.2 cm³/mol. The molecule has 1 unspecified atom stereocenters. The highest BCUT2D eigenvalue weighted by atomic mass is 16.6. The zero-order chi connectivity index (χ0) is 13.6. The van der Waals surface area contributed by atoms with Crippen LogP contribution in [0.5, 0.6) is 0 Å². The van der Waals surface area contributed by atoms with E-state index in [1.807, 2.05) is 0 Å². The highest BCUT2D eigenvalue weighted by Gasteiger charge is 2.53. The summed E-state index contributed by atoms with van der Waals surface area (Å²) in [7, 11) is 0. The van der Waals surface area contributed by atoms with Crippen molar-refractivity contribution in [3.63, 3.8) is 0 Å². The van der Waals surface area contributed by atoms with E-state index in [0.717, 1.165) is 5.39 Å². The van der Waals surface area contributed by atoms with Crippen molar-refractivity contribution in [2.24, 2.45) is 0 Å². The summed E-state index contributed by atoms with van der Waals surface area (Å²) < 4.78 is 7.18. The minimum atomic E-state index is -1.51. The monoisotopic (exact) mass is 265 g/mol. The Balaban J connectivity index is 2.07. The average molecular weight is 265 g/mol. The van der Waals surface area contributed by atoms with E-state index >= 15 is 0 Å². The van der Waals surface area contributed by atoms with E-state index in [-0.39, 0.29) is 6.61 Å². The molecule has 0 saturated carbocycles. The lowest BCUT2D eigenvalue weighted by atomic mass is 9.96. The maximum absolute atomic E-state index is 10.4. The van der Waals surface area contributed by atoms with Gasteiger partial charge in [0.1, 0.15) is 29.8 Å². The molecular formula is C12H15N3O4. The molecule has 0 radical (unpaired) electrons. The molecule has 1 aliphatic rings. The molecule has 3 heterocycles. The summed E-state index contributed by atoms with van der Waals surface area (Å²) in [4.78, 5) is 8.06. The fourth-order valence-electron chi connectivity index (χ4n) is 2.48. The van der Waals surface area contributed by atoms with Crippen LogP contribution in [-0.2, 0) is 4.74 Å². The molecule has 7 heteroatoms. The molecule has 1 saturated heterocycles. The Morgan fingerprint density at radius 2 is 2.32 bits per heavy atom. The highest BCUT2D eigenvalue weighted by Crippen LogP contribution is 2.39. The minimum Gasteiger partial charge on any atom is -0.394 e. The third kappa shape index (κ3) is 1.74. The minimum absolute atomic E-state index is 0.359. The Bertz CT molecular complexity index is 597. The van der Waals surface area contributed by atoms with Gasteiger partial charge in [0.25, 0.3) is 0 Å². The van der Waals surface area contributed by atoms with Gasteiger partial charge in [0.05, 0.1) is 6.61 Å². The van der Waals surface area contributed by atoms with Crippen LogP contribution in [0.25, 0.3) is 11.0 Å². The van der Waals surface area contributed by atoms with Gasteiger partial charge in [-0.25, -0.2) is 9.97 Å². The van der Waals surface area contributed by atoms with Gasteiger partial charge in [0, 0.05) is 17.8 Å². The van der Waals surface area contributed by atoms with Gasteiger partial charge in [-0.05, 0) is 13.0 Å². The first-order valence-corrected chi connectivity index (χ1v) is 5.99. The number of fused-ring (bicyclic) bond motifs is 1. The summed E-state index contributed by atoms with van der Waals surface area (Å²) in [6, 6.07) is 1.80. The summed E-state index contributed by atoms with van der Waals surface area (Å²) in [6.45, 7) is 1.12. The third-order valence-electron chi connectivity index (χ3n) is 3.56. The van der Waals surface area contributed by atoms with E-state index < -0.39 is 24.0 Å². The number of nitrogens with zero attached hydrogens (tertiary/aromatic N) is 3. The Hall–Kier alpha value is -1.54. The van der Waals surface area contributed by atoms with Crippen LogP contribution >= 0.6 is 0 Å². The van der Waals surface area contributed by atoms with E-state index in [9.17, 15) is 10.2 Å². The maximum atomic E-state index is 10.4. The standard InChI is InChI=1S/C12H15N3O4/c1-12(18)9(17)8(5-16)19-11(12)15-3-2-7-4-13-6-14-10(7)15/h2-4,6,8-9,11,16-18H,5H2,1H3/t8-,9-,11?,12-/m1/s1. The van der Waals surface area contributed by atoms with Crippen LogP contribution in [0.15, 0.2) is 24.8 Å². The molecular weight excluding hydrogens is 250 g/mol. The van der Waals surface area contributed by atoms with Crippen LogP contribution in [0.4, 0.5) is 0 Å². The Labute approximate surface area is 109 Å². The van der Waals surface area contributed by atoms with Crippen LogP contribution in [0, 0.1) is 0 Å². The lowest BCUT2D eigenvalue weighted by Crippen LogP contribution is -2.44. The fraction of sp³-hybridized carbons (Fsp3) is 0.500. The first-order valence-electron chi connectivity index (χ1n) is 5.99. The van der Waals surface area contributed by atoms with Gasteiger partial charge in [-0.3, -0.25) is 0 Å². The first kappa shape index (κ1) is 12.5. The molecule has 3 N–H and O–H groups in total. The molecule has 0 aromatic carbocycles. The van der Waals surface area contributed by atoms with Crippen molar-refractivity contribution < 1.29 is 20.1 Å². The maximum Gasteiger partial charge on any atom is 0.167 e. The molecule has 7 nitrogen and oxygen atoms in total. The van der Waals surface area contributed by atoms with Gasteiger partial charge < -0.3 is 24.6 Å². The Morgan fingerprint density at radius 3 is 3.00 bits per heavy atom. The molecule has 0 aliphatic carbocycles. The topological polar surface area (TPSA) is 101 Å². The number of hydrogen-bond donors (Lipinski definition) is 3. The number of aliphatic hydroxyl groups is 3. The SMILES string of the molecule is C[C@]1(O)C(n2ccc3cncnc32)O[C@H](CO)[C@H]1O. The van der Waals surface area contributed by atoms with Crippen LogP contribution in [0.3, 0.4) is 0 Å². The summed E-state index contributed by atoms with van der Waals surface area (Å²) in [6.07, 6.45) is 1.98. The molecule has 1 aliphatic heterocycles. The van der Waals surface area contributed by atoms with E-state index in [1.165, 1.54) is 13.3 Å². The summed E-state index contributed by atoms with van der Waals surface area (Å²) >= 11 is 0. The van der Waals surface area contributed by atoms with Crippen molar-refractivity contribution >= 4 is 11.0 Å². The van der Waals surface area contributed by atoms with Gasteiger partial charge in [-0.1, -0.05) is 0 Å². The molecule has 1 fully saturated rings. The zero-order valence-corrected chi connectivity index (χ0v) is 10.3. The van der Waals surface area contributed by atoms with Gasteiger partial charge in [0.15, 0.2) is 6.23 Å². The predicted octanol–water partition coefficient (Wildman–Crippen LogP) is -0.567. The van der Waals surface area contributed by atoms with Crippen molar-refractivity contribution in [3.8, 4) is 0 Å². The molecule has 102 valence electrons. The summed E-state index contributed by atoms with van der Waals surface area (Å²) in [5.41, 5.74) is -0.907. The Kier molecular flexibility index (Phi) is 2.79. The van der Waals surface area contributed by atoms with Crippen molar-refractivity contribution in [3.05, 3.63) is 24.8 Å². The molecule has 2 aromatic heterocycles. The van der Waals surface area contributed by atoms with Gasteiger partial charge in [-0.15, -0.1) is 0 Å². The molecule has 0 spiro atoms. The van der Waals surface area contributed by atoms with Crippen LogP contribution in [0.2, 0.25) is 0 Å². The van der Waals surface area contributed by atoms with Crippen LogP contribution < -0.4 is 0 Å². The van der Waals surface area contributed by atoms with Crippen LogP contribution in [0.1, 0.15) is 13.2 Å². The van der Waals surface area contributed by atoms with Crippen molar-refractivity contribution in [2.75, 3.05) is 6.61 Å². The first-order chi connectivity index (χ1) is 9.05. The highest BCUT2D eigenvalue weighted by molar-refractivity contribution is 5.74. The normalized spacial score (nSPS) is 35.1. The fourth-order valence-corrected chi connectivity index (χ4v) is 2.48. The summed E-state index contributed by atoms with van der Waals surface area (Å²) in [5, 5.41) is 30.4. The number of rotatable bonds is 2. The molecule has 0 bridgehead atoms. The molecule has 3 rings (SSSR count). The summed E-state index contributed by atoms with van der Waals surface area (Å²) in [5.74, 6) is 0. The van der Waals surface area contributed by atoms with Crippen LogP contribution in [-0.4, -0.2) is 54.3 Å². The lowest BCUT2D eigenvalue weighted by molar-refractivity contribution is -0.0948. The smallest absolute Gasteiger partial charge is 0.167 e. The lowest BCUT2D eigenvalue weighted by Gasteiger charge is -2.27. The average Bonchev–Trinajstić information content (AvgIpc) is 2.91. The van der Waals surface area contributed by atoms with E-state index in [2.05, 4.69) is 9.97 Å². The number of ether oxygens (including phenoxy) is 1. The van der Waals surface area contributed by atoms with E-state index in [4.69, 9.17) is 9.84 Å². The largest absolute Gasteiger partial charge is 0.394 e. The van der Waals surface area contributed by atoms with Gasteiger partial charge in [0.2, 0.25) is 0 Å². The second kappa shape index (κ2) is 4.24. The van der Waals surface area contributed by atoms with Crippen molar-refractivity contribution in [1.29, 1.82) is 0 Å². The van der Waals surface area contributed by atoms with E-state index in [0.29, 0.717) is 5.65 Å². The number of aromatic nitrogens is 3.